The van der Waals surface area contributed by atoms with Crippen LogP contribution < -0.4 is 0 Å². The Bertz CT molecular complexity index is 615. The lowest BCUT2D eigenvalue weighted by molar-refractivity contribution is -0.133. The molecule has 0 aliphatic carbocycles. The molecule has 0 saturated heterocycles. The van der Waals surface area contributed by atoms with E-state index in [1.165, 1.54) is 5.52 Å². The molecule has 0 bridgehead atoms. The fourth-order valence-corrected chi connectivity index (χ4v) is 2.66. The number of hydrogen-bond acceptors (Lipinski definition) is 2. The van der Waals surface area contributed by atoms with E-state index in [0.29, 0.717) is 18.9 Å². The largest absolute Gasteiger partial charge is 0.333 e. The number of carbonyl (C=O) groups excluding carboxylic acids is 1. The minimum absolute atomic E-state index is 0.244. The fraction of sp³-hybridized carbons (Fsp3) is 0.467. The van der Waals surface area contributed by atoms with Crippen molar-refractivity contribution in [2.45, 2.75) is 33.4 Å². The number of hydrogen-bond donors (Lipinski definition) is 0. The van der Waals surface area contributed by atoms with Gasteiger partial charge in [-0.1, -0.05) is 26.0 Å². The Hall–Kier alpha value is -1.84. The fourth-order valence-electron chi connectivity index (χ4n) is 2.66. The first-order chi connectivity index (χ1) is 9.15. The van der Waals surface area contributed by atoms with Crippen LogP contribution in [-0.4, -0.2) is 26.9 Å². The van der Waals surface area contributed by atoms with Crippen molar-refractivity contribution >= 4 is 16.9 Å². The van der Waals surface area contributed by atoms with Gasteiger partial charge in [-0.3, -0.25) is 4.79 Å². The van der Waals surface area contributed by atoms with Gasteiger partial charge in [-0.05, 0) is 18.1 Å². The van der Waals surface area contributed by atoms with Gasteiger partial charge in [-0.2, -0.15) is 0 Å². The van der Waals surface area contributed by atoms with Crippen molar-refractivity contribution in [1.82, 2.24) is 14.5 Å². The number of imidazole rings is 1. The van der Waals surface area contributed by atoms with Crippen LogP contribution in [0.5, 0.6) is 0 Å². The van der Waals surface area contributed by atoms with Crippen LogP contribution in [0.4, 0.5) is 0 Å². The Balaban J connectivity index is 1.86. The molecule has 0 saturated carbocycles. The van der Waals surface area contributed by atoms with Crippen LogP contribution in [-0.2, 0) is 17.9 Å². The molecule has 2 aromatic rings. The Kier molecular flexibility index (Phi) is 3.01. The van der Waals surface area contributed by atoms with Crippen LogP contribution in [0.1, 0.15) is 26.1 Å². The summed E-state index contributed by atoms with van der Waals surface area (Å²) in [5.41, 5.74) is 2.20. The first-order valence-corrected chi connectivity index (χ1v) is 6.87. The summed E-state index contributed by atoms with van der Waals surface area (Å²) < 4.78 is 2.23. The van der Waals surface area contributed by atoms with Crippen LogP contribution in [0.25, 0.3) is 11.0 Å². The van der Waals surface area contributed by atoms with Gasteiger partial charge < -0.3 is 9.47 Å². The molecular formula is C15H19N3O. The van der Waals surface area contributed by atoms with Crippen LogP contribution in [0, 0.1) is 5.92 Å². The van der Waals surface area contributed by atoms with Gasteiger partial charge in [-0.25, -0.2) is 4.98 Å². The Morgan fingerprint density at radius 2 is 2.11 bits per heavy atom. The number of aromatic nitrogens is 2. The van der Waals surface area contributed by atoms with Crippen LogP contribution >= 0.6 is 0 Å². The smallest absolute Gasteiger partial charge is 0.223 e. The third-order valence-corrected chi connectivity index (χ3v) is 3.59. The molecule has 1 amide bonds. The molecule has 3 rings (SSSR count). The molecule has 2 heterocycles. The van der Waals surface area contributed by atoms with Gasteiger partial charge in [0, 0.05) is 19.5 Å². The van der Waals surface area contributed by atoms with Gasteiger partial charge >= 0.3 is 0 Å². The zero-order valence-corrected chi connectivity index (χ0v) is 11.5. The quantitative estimate of drug-likeness (QED) is 0.828. The molecule has 1 aromatic carbocycles. The maximum atomic E-state index is 12.1. The molecule has 0 fully saturated rings. The summed E-state index contributed by atoms with van der Waals surface area (Å²) in [7, 11) is 0. The van der Waals surface area contributed by atoms with Gasteiger partial charge in [0.15, 0.2) is 0 Å². The lowest BCUT2D eigenvalue weighted by Gasteiger charge is -2.28. The number of rotatable bonds is 2. The number of carbonyl (C=O) groups is 1. The molecule has 4 nitrogen and oxygen atoms in total. The van der Waals surface area contributed by atoms with Gasteiger partial charge in [0.25, 0.3) is 0 Å². The predicted molar refractivity (Wildman–Crippen MR) is 74.6 cm³/mol. The van der Waals surface area contributed by atoms with Crippen molar-refractivity contribution in [2.24, 2.45) is 5.92 Å². The molecule has 0 radical (unpaired) electrons. The van der Waals surface area contributed by atoms with Gasteiger partial charge in [-0.15, -0.1) is 0 Å². The van der Waals surface area contributed by atoms with Crippen molar-refractivity contribution in [3.8, 4) is 0 Å². The van der Waals surface area contributed by atoms with E-state index >= 15 is 0 Å². The summed E-state index contributed by atoms with van der Waals surface area (Å²) in [6.45, 7) is 6.44. The zero-order chi connectivity index (χ0) is 13.4. The van der Waals surface area contributed by atoms with Crippen molar-refractivity contribution < 1.29 is 4.79 Å². The van der Waals surface area contributed by atoms with E-state index in [0.717, 1.165) is 24.4 Å². The maximum Gasteiger partial charge on any atom is 0.223 e. The van der Waals surface area contributed by atoms with E-state index in [-0.39, 0.29) is 5.91 Å². The molecule has 1 aromatic heterocycles. The topological polar surface area (TPSA) is 38.1 Å². The molecule has 0 atom stereocenters. The molecule has 1 aliphatic heterocycles. The molecule has 100 valence electrons. The Labute approximate surface area is 113 Å². The summed E-state index contributed by atoms with van der Waals surface area (Å²) in [5, 5.41) is 0. The highest BCUT2D eigenvalue weighted by molar-refractivity contribution is 5.78. The second-order valence-corrected chi connectivity index (χ2v) is 5.58. The average molecular weight is 257 g/mol. The van der Waals surface area contributed by atoms with Gasteiger partial charge in [0.2, 0.25) is 5.91 Å². The zero-order valence-electron chi connectivity index (χ0n) is 11.5. The third-order valence-electron chi connectivity index (χ3n) is 3.59. The third kappa shape index (κ3) is 2.23. The molecule has 0 N–H and O–H groups in total. The summed E-state index contributed by atoms with van der Waals surface area (Å²) in [6, 6.07) is 8.16. The van der Waals surface area contributed by atoms with Gasteiger partial charge in [0.05, 0.1) is 17.6 Å². The van der Waals surface area contributed by atoms with E-state index in [4.69, 9.17) is 0 Å². The predicted octanol–water partition coefficient (Wildman–Crippen LogP) is 2.42. The standard InChI is InChI=1S/C15H19N3O/c1-11(2)9-15(19)17-7-8-18-13-6-4-3-5-12(13)16-14(18)10-17/h3-6,11H,7-10H2,1-2H3. The molecule has 1 aliphatic rings. The van der Waals surface area contributed by atoms with Crippen LogP contribution in [0.3, 0.4) is 0 Å². The number of nitrogens with zero attached hydrogens (tertiary/aromatic N) is 3. The number of para-hydroxylation sites is 2. The summed E-state index contributed by atoms with van der Waals surface area (Å²) >= 11 is 0. The highest BCUT2D eigenvalue weighted by Crippen LogP contribution is 2.21. The van der Waals surface area contributed by atoms with E-state index in [1.807, 2.05) is 23.1 Å². The van der Waals surface area contributed by atoms with Gasteiger partial charge in [0.1, 0.15) is 5.82 Å². The summed E-state index contributed by atoms with van der Waals surface area (Å²) in [5.74, 6) is 1.66. The van der Waals surface area contributed by atoms with E-state index in [1.54, 1.807) is 0 Å². The first kappa shape index (κ1) is 12.2. The highest BCUT2D eigenvalue weighted by Gasteiger charge is 2.23. The highest BCUT2D eigenvalue weighted by atomic mass is 16.2. The van der Waals surface area contributed by atoms with Crippen LogP contribution in [0.2, 0.25) is 0 Å². The maximum absolute atomic E-state index is 12.1. The van der Waals surface area contributed by atoms with E-state index in [2.05, 4.69) is 29.5 Å². The second kappa shape index (κ2) is 4.68. The SMILES string of the molecule is CC(C)CC(=O)N1CCn2c(nc3ccccc32)C1. The normalized spacial score (nSPS) is 15.0. The van der Waals surface area contributed by atoms with E-state index in [9.17, 15) is 4.79 Å². The average Bonchev–Trinajstić information content (AvgIpc) is 2.75. The molecular weight excluding hydrogens is 238 g/mol. The first-order valence-electron chi connectivity index (χ1n) is 6.87. The monoisotopic (exact) mass is 257 g/mol. The molecule has 4 heteroatoms. The van der Waals surface area contributed by atoms with Crippen molar-refractivity contribution in [3.63, 3.8) is 0 Å². The number of benzene rings is 1. The van der Waals surface area contributed by atoms with Crippen LogP contribution in [0.15, 0.2) is 24.3 Å². The number of amides is 1. The minimum atomic E-state index is 0.244. The lowest BCUT2D eigenvalue weighted by Crippen LogP contribution is -2.38. The molecule has 0 spiro atoms. The molecule has 0 unspecified atom stereocenters. The lowest BCUT2D eigenvalue weighted by atomic mass is 10.1. The molecule has 19 heavy (non-hydrogen) atoms. The summed E-state index contributed by atoms with van der Waals surface area (Å²) in [4.78, 5) is 18.7. The van der Waals surface area contributed by atoms with Crippen molar-refractivity contribution in [1.29, 1.82) is 0 Å². The number of fused-ring (bicyclic) bond motifs is 3. The Morgan fingerprint density at radius 3 is 2.89 bits per heavy atom. The van der Waals surface area contributed by atoms with Crippen molar-refractivity contribution in [2.75, 3.05) is 6.54 Å². The van der Waals surface area contributed by atoms with Crippen molar-refractivity contribution in [3.05, 3.63) is 30.1 Å². The van der Waals surface area contributed by atoms with E-state index < -0.39 is 0 Å². The Morgan fingerprint density at radius 1 is 1.32 bits per heavy atom. The minimum Gasteiger partial charge on any atom is -0.333 e. The second-order valence-electron chi connectivity index (χ2n) is 5.58. The summed E-state index contributed by atoms with van der Waals surface area (Å²) in [6.07, 6.45) is 0.625.